The number of hydrogen-bond acceptors (Lipinski definition) is 4. The first-order valence-electron chi connectivity index (χ1n) is 5.50. The van der Waals surface area contributed by atoms with E-state index in [2.05, 4.69) is 5.32 Å². The molecule has 0 aliphatic rings. The Hall–Kier alpha value is -0.620. The Bertz CT molecular complexity index is 312. The van der Waals surface area contributed by atoms with Gasteiger partial charge < -0.3 is 11.1 Å². The van der Waals surface area contributed by atoms with Gasteiger partial charge in [0, 0.05) is 12.5 Å². The molecule has 0 saturated carbocycles. The topological polar surface area (TPSA) is 89.3 Å². The van der Waals surface area contributed by atoms with Crippen LogP contribution in [0.2, 0.25) is 0 Å². The molecule has 0 radical (unpaired) electrons. The molecular formula is C10H22N2O3S. The van der Waals surface area contributed by atoms with Gasteiger partial charge in [-0.3, -0.25) is 4.79 Å². The van der Waals surface area contributed by atoms with Crippen LogP contribution in [0, 0.1) is 0 Å². The van der Waals surface area contributed by atoms with E-state index in [-0.39, 0.29) is 24.1 Å². The monoisotopic (exact) mass is 250 g/mol. The molecule has 16 heavy (non-hydrogen) atoms. The fourth-order valence-electron chi connectivity index (χ4n) is 1.24. The molecular weight excluding hydrogens is 228 g/mol. The van der Waals surface area contributed by atoms with Crippen LogP contribution in [0.3, 0.4) is 0 Å². The summed E-state index contributed by atoms with van der Waals surface area (Å²) in [6, 6.07) is 0.0386. The molecule has 0 spiro atoms. The van der Waals surface area contributed by atoms with E-state index in [0.29, 0.717) is 13.0 Å². The third-order valence-corrected chi connectivity index (χ3v) is 4.48. The van der Waals surface area contributed by atoms with Crippen molar-refractivity contribution in [3.63, 3.8) is 0 Å². The lowest BCUT2D eigenvalue weighted by Crippen LogP contribution is -2.33. The van der Waals surface area contributed by atoms with E-state index in [1.54, 1.807) is 6.92 Å². The van der Waals surface area contributed by atoms with Gasteiger partial charge in [-0.25, -0.2) is 8.42 Å². The normalized spacial score (nSPS) is 13.8. The second-order valence-electron chi connectivity index (χ2n) is 4.23. The van der Waals surface area contributed by atoms with E-state index in [0.717, 1.165) is 0 Å². The van der Waals surface area contributed by atoms with Crippen LogP contribution in [-0.4, -0.2) is 37.9 Å². The molecule has 5 nitrogen and oxygen atoms in total. The van der Waals surface area contributed by atoms with Gasteiger partial charge in [-0.1, -0.05) is 0 Å². The van der Waals surface area contributed by atoms with Crippen molar-refractivity contribution in [3.05, 3.63) is 0 Å². The zero-order chi connectivity index (χ0) is 12.8. The molecule has 0 rings (SSSR count). The summed E-state index contributed by atoms with van der Waals surface area (Å²) in [5.41, 5.74) is 5.30. The van der Waals surface area contributed by atoms with Gasteiger partial charge in [0.15, 0.2) is 9.84 Å². The van der Waals surface area contributed by atoms with Gasteiger partial charge in [0.05, 0.1) is 11.0 Å². The van der Waals surface area contributed by atoms with Crippen molar-refractivity contribution in [2.45, 2.75) is 44.9 Å². The third kappa shape index (κ3) is 6.07. The van der Waals surface area contributed by atoms with Crippen molar-refractivity contribution in [1.82, 2.24) is 5.32 Å². The van der Waals surface area contributed by atoms with Crippen molar-refractivity contribution < 1.29 is 13.2 Å². The Morgan fingerprint density at radius 3 is 2.31 bits per heavy atom. The molecule has 0 aromatic heterocycles. The minimum atomic E-state index is -3.19. The Morgan fingerprint density at radius 2 is 1.88 bits per heavy atom. The molecule has 6 heteroatoms. The molecule has 1 amide bonds. The summed E-state index contributed by atoms with van der Waals surface area (Å²) in [5.74, 6) is -0.328. The van der Waals surface area contributed by atoms with Crippen LogP contribution in [0.25, 0.3) is 0 Å². The summed E-state index contributed by atoms with van der Waals surface area (Å²) in [5, 5.41) is 2.19. The van der Waals surface area contributed by atoms with Crippen molar-refractivity contribution in [1.29, 1.82) is 0 Å². The maximum atomic E-state index is 11.7. The van der Waals surface area contributed by atoms with Crippen molar-refractivity contribution >= 4 is 15.7 Å². The van der Waals surface area contributed by atoms with Gasteiger partial charge in [0.25, 0.3) is 0 Å². The summed E-state index contributed by atoms with van der Waals surface area (Å²) in [6.07, 6.45) is 0.462. The highest BCUT2D eigenvalue weighted by molar-refractivity contribution is 7.92. The van der Waals surface area contributed by atoms with E-state index < -0.39 is 15.1 Å². The van der Waals surface area contributed by atoms with Crippen LogP contribution in [0.1, 0.15) is 33.6 Å². The molecule has 0 aliphatic heterocycles. The van der Waals surface area contributed by atoms with E-state index in [4.69, 9.17) is 5.73 Å². The summed E-state index contributed by atoms with van der Waals surface area (Å²) in [7, 11) is -3.19. The summed E-state index contributed by atoms with van der Waals surface area (Å²) >= 11 is 0. The van der Waals surface area contributed by atoms with E-state index in [1.807, 2.05) is 13.8 Å². The molecule has 96 valence electrons. The highest BCUT2D eigenvalue weighted by Crippen LogP contribution is 2.07. The maximum Gasteiger partial charge on any atom is 0.221 e. The number of nitrogens with two attached hydrogens (primary N) is 1. The smallest absolute Gasteiger partial charge is 0.221 e. The molecule has 0 aliphatic carbocycles. The van der Waals surface area contributed by atoms with Gasteiger partial charge in [-0.05, 0) is 33.7 Å². The molecule has 1 atom stereocenters. The zero-order valence-electron chi connectivity index (χ0n) is 10.2. The summed E-state index contributed by atoms with van der Waals surface area (Å²) in [6.45, 7) is 5.65. The first-order valence-corrected chi connectivity index (χ1v) is 7.22. The van der Waals surface area contributed by atoms with Crippen molar-refractivity contribution in [2.75, 3.05) is 12.3 Å². The maximum absolute atomic E-state index is 11.7. The highest BCUT2D eigenvalue weighted by atomic mass is 32.2. The van der Waals surface area contributed by atoms with Crippen LogP contribution < -0.4 is 11.1 Å². The number of amides is 1. The quantitative estimate of drug-likeness (QED) is 0.668. The first kappa shape index (κ1) is 15.4. The highest BCUT2D eigenvalue weighted by Gasteiger charge is 2.21. The van der Waals surface area contributed by atoms with Crippen LogP contribution in [-0.2, 0) is 14.6 Å². The Kier molecular flexibility index (Phi) is 6.59. The summed E-state index contributed by atoms with van der Waals surface area (Å²) in [4.78, 5) is 11.3. The van der Waals surface area contributed by atoms with Crippen LogP contribution in [0.5, 0.6) is 0 Å². The number of carbonyl (C=O) groups excluding carboxylic acids is 1. The van der Waals surface area contributed by atoms with E-state index >= 15 is 0 Å². The van der Waals surface area contributed by atoms with Crippen LogP contribution in [0.15, 0.2) is 0 Å². The molecule has 0 fully saturated rings. The molecule has 1 unspecified atom stereocenters. The molecule has 0 aromatic rings. The lowest BCUT2D eigenvalue weighted by Gasteiger charge is -2.12. The number of carbonyl (C=O) groups is 1. The predicted molar refractivity (Wildman–Crippen MR) is 64.8 cm³/mol. The van der Waals surface area contributed by atoms with Crippen molar-refractivity contribution in [2.24, 2.45) is 5.73 Å². The number of rotatable bonds is 7. The van der Waals surface area contributed by atoms with E-state index in [9.17, 15) is 13.2 Å². The summed E-state index contributed by atoms with van der Waals surface area (Å²) < 4.78 is 23.4. The Morgan fingerprint density at radius 1 is 1.31 bits per heavy atom. The molecule has 0 saturated heterocycles. The van der Waals surface area contributed by atoms with Crippen LogP contribution in [0.4, 0.5) is 0 Å². The van der Waals surface area contributed by atoms with Gasteiger partial charge in [0.2, 0.25) is 5.91 Å². The predicted octanol–water partition coefficient (Wildman–Crippen LogP) is 0.0532. The zero-order valence-corrected chi connectivity index (χ0v) is 11.0. The van der Waals surface area contributed by atoms with Crippen molar-refractivity contribution in [3.8, 4) is 0 Å². The fraction of sp³-hybridized carbons (Fsp3) is 0.900. The van der Waals surface area contributed by atoms with Gasteiger partial charge in [-0.15, -0.1) is 0 Å². The van der Waals surface area contributed by atoms with Gasteiger partial charge in [-0.2, -0.15) is 0 Å². The minimum absolute atomic E-state index is 0.0232. The lowest BCUT2D eigenvalue weighted by atomic mass is 10.3. The first-order chi connectivity index (χ1) is 7.29. The molecule has 0 bridgehead atoms. The number of nitrogens with one attached hydrogen (secondary N) is 1. The standard InChI is InChI=1S/C10H22N2O3S/c1-8(2)12-10(13)5-7-16(14,15)9(3)4-6-11/h8-9H,4-7,11H2,1-3H3,(H,12,13). The third-order valence-electron chi connectivity index (χ3n) is 2.25. The largest absolute Gasteiger partial charge is 0.354 e. The molecule has 0 heterocycles. The second kappa shape index (κ2) is 6.85. The lowest BCUT2D eigenvalue weighted by molar-refractivity contribution is -0.121. The molecule has 3 N–H and O–H groups in total. The average molecular weight is 250 g/mol. The van der Waals surface area contributed by atoms with E-state index in [1.165, 1.54) is 0 Å². The Labute approximate surface area is 97.7 Å². The molecule has 0 aromatic carbocycles. The van der Waals surface area contributed by atoms with Gasteiger partial charge >= 0.3 is 0 Å². The average Bonchev–Trinajstić information content (AvgIpc) is 2.14. The number of sulfone groups is 1. The second-order valence-corrected chi connectivity index (χ2v) is 6.77. The van der Waals surface area contributed by atoms with Crippen LogP contribution >= 0.6 is 0 Å². The van der Waals surface area contributed by atoms with Gasteiger partial charge in [0.1, 0.15) is 0 Å². The Balaban J connectivity index is 4.14. The fourth-order valence-corrected chi connectivity index (χ4v) is 2.61. The SMILES string of the molecule is CC(C)NC(=O)CCS(=O)(=O)C(C)CCN. The minimum Gasteiger partial charge on any atom is -0.354 e. The number of hydrogen-bond donors (Lipinski definition) is 2.